The van der Waals surface area contributed by atoms with Gasteiger partial charge in [-0.3, -0.25) is 58.0 Å². The third-order valence-corrected chi connectivity index (χ3v) is 16.7. The van der Waals surface area contributed by atoms with Crippen LogP contribution in [0.25, 0.3) is 43.1 Å². The third kappa shape index (κ3) is 9.09. The van der Waals surface area contributed by atoms with Crippen LogP contribution in [-0.4, -0.2) is 142 Å². The van der Waals surface area contributed by atoms with Crippen molar-refractivity contribution in [1.29, 1.82) is 0 Å². The lowest BCUT2D eigenvalue weighted by atomic mass is 9.93. The number of hydrogen-bond donors (Lipinski definition) is 4. The molecule has 0 saturated carbocycles. The molecule has 0 aromatic heterocycles. The molecule has 12 rings (SSSR count). The minimum absolute atomic E-state index is 0.156. The molecule has 0 bridgehead atoms. The monoisotopic (exact) mass is 1100 g/mol. The molecule has 4 aliphatic rings. The van der Waals surface area contributed by atoms with E-state index in [1.807, 2.05) is 0 Å². The van der Waals surface area contributed by atoms with Crippen molar-refractivity contribution in [3.05, 3.63) is 166 Å². The zero-order valence-corrected chi connectivity index (χ0v) is 45.1. The Kier molecular flexibility index (Phi) is 13.9. The molecule has 18 heteroatoms. The second kappa shape index (κ2) is 21.5. The number of unbranched alkanes of at least 4 members (excludes halogenated alkanes) is 1. The van der Waals surface area contributed by atoms with Gasteiger partial charge in [0.05, 0.1) is 0 Å². The SMILES string of the molecule is Nc1ccc2c3c(cccc13)C(=O)N(CCCN(CCCCN(CCCN1C(=O)c3cccc4c(N)ccc(c34)C1=O)CCCN1C(=O)c3cccc4c(N)ccc(c34)C1=O)CCCN1C(=O)c3cccc4c(N)ccc(c34)C1=O)C2=O. The van der Waals surface area contributed by atoms with E-state index >= 15 is 0 Å². The number of carbonyl (C=O) groups is 8. The molecular weight excluding hydrogens is 1040 g/mol. The van der Waals surface area contributed by atoms with Crippen molar-refractivity contribution in [3.63, 3.8) is 0 Å². The molecule has 0 aliphatic carbocycles. The molecule has 0 radical (unpaired) electrons. The maximum Gasteiger partial charge on any atom is 0.261 e. The van der Waals surface area contributed by atoms with Gasteiger partial charge in [-0.15, -0.1) is 0 Å². The van der Waals surface area contributed by atoms with E-state index in [0.29, 0.717) is 188 Å². The zero-order chi connectivity index (χ0) is 57.1. The van der Waals surface area contributed by atoms with E-state index in [1.165, 1.54) is 19.6 Å². The fraction of sp³-hybridized carbons (Fsp3) is 0.250. The Hall–Kier alpha value is -9.52. The van der Waals surface area contributed by atoms with Crippen LogP contribution in [0.15, 0.2) is 121 Å². The van der Waals surface area contributed by atoms with Crippen LogP contribution in [0.4, 0.5) is 22.7 Å². The maximum absolute atomic E-state index is 13.9. The molecule has 8 amide bonds. The van der Waals surface area contributed by atoms with Gasteiger partial charge in [0, 0.05) is 137 Å². The van der Waals surface area contributed by atoms with Crippen molar-refractivity contribution in [2.45, 2.75) is 38.5 Å². The van der Waals surface area contributed by atoms with Crippen molar-refractivity contribution < 1.29 is 38.4 Å². The van der Waals surface area contributed by atoms with E-state index in [0.717, 1.165) is 0 Å². The number of anilines is 4. The molecule has 0 unspecified atom stereocenters. The summed E-state index contributed by atoms with van der Waals surface area (Å²) in [5.74, 6) is -3.09. The fourth-order valence-electron chi connectivity index (χ4n) is 12.6. The molecule has 8 N–H and O–H groups in total. The molecular formula is C64H60N10O8. The molecule has 8 aromatic rings. The topological polar surface area (TPSA) is 260 Å². The number of rotatable bonds is 21. The van der Waals surface area contributed by atoms with Gasteiger partial charge in [0.1, 0.15) is 0 Å². The summed E-state index contributed by atoms with van der Waals surface area (Å²) >= 11 is 0. The minimum atomic E-state index is -0.387. The Morgan fingerprint density at radius 1 is 0.256 bits per heavy atom. The van der Waals surface area contributed by atoms with E-state index in [1.54, 1.807) is 121 Å². The number of nitrogen functional groups attached to an aromatic ring is 4. The average Bonchev–Trinajstić information content (AvgIpc) is 3.45. The van der Waals surface area contributed by atoms with Gasteiger partial charge in [0.25, 0.3) is 47.3 Å². The average molecular weight is 1100 g/mol. The quantitative estimate of drug-likeness (QED) is 0.0302. The van der Waals surface area contributed by atoms with E-state index in [2.05, 4.69) is 9.80 Å². The molecule has 8 aromatic carbocycles. The largest absolute Gasteiger partial charge is 0.398 e. The van der Waals surface area contributed by atoms with Crippen LogP contribution < -0.4 is 22.9 Å². The Morgan fingerprint density at radius 2 is 0.451 bits per heavy atom. The molecule has 0 atom stereocenters. The van der Waals surface area contributed by atoms with Gasteiger partial charge < -0.3 is 32.7 Å². The number of nitrogens with zero attached hydrogens (tertiary/aromatic N) is 6. The fourth-order valence-corrected chi connectivity index (χ4v) is 12.6. The second-order valence-electron chi connectivity index (χ2n) is 21.6. The molecule has 4 aliphatic heterocycles. The Labute approximate surface area is 471 Å². The Balaban J connectivity index is 0.737. The molecule has 4 heterocycles. The number of amides is 8. The van der Waals surface area contributed by atoms with Crippen molar-refractivity contribution in [2.24, 2.45) is 0 Å². The summed E-state index contributed by atoms with van der Waals surface area (Å²) in [6.45, 7) is 3.78. The summed E-state index contributed by atoms with van der Waals surface area (Å²) in [5, 5.41) is 4.84. The summed E-state index contributed by atoms with van der Waals surface area (Å²) in [7, 11) is 0. The highest BCUT2D eigenvalue weighted by atomic mass is 16.2. The summed E-state index contributed by atoms with van der Waals surface area (Å²) in [6, 6.07) is 34.5. The van der Waals surface area contributed by atoms with Crippen molar-refractivity contribution in [2.75, 3.05) is 88.4 Å². The summed E-state index contributed by atoms with van der Waals surface area (Å²) in [4.78, 5) is 121. The van der Waals surface area contributed by atoms with Crippen LogP contribution in [0.1, 0.15) is 121 Å². The van der Waals surface area contributed by atoms with Gasteiger partial charge in [0.15, 0.2) is 0 Å². The van der Waals surface area contributed by atoms with Crippen LogP contribution in [0.3, 0.4) is 0 Å². The molecule has 0 saturated heterocycles. The highest BCUT2D eigenvalue weighted by molar-refractivity contribution is 6.30. The van der Waals surface area contributed by atoms with Crippen LogP contribution in [0.5, 0.6) is 0 Å². The predicted molar refractivity (Wildman–Crippen MR) is 315 cm³/mol. The van der Waals surface area contributed by atoms with Gasteiger partial charge >= 0.3 is 0 Å². The van der Waals surface area contributed by atoms with Crippen molar-refractivity contribution in [3.8, 4) is 0 Å². The first-order chi connectivity index (χ1) is 39.7. The van der Waals surface area contributed by atoms with Crippen LogP contribution in [-0.2, 0) is 0 Å². The number of nitrogens with two attached hydrogens (primary N) is 4. The molecule has 0 spiro atoms. The first-order valence-corrected chi connectivity index (χ1v) is 27.9. The van der Waals surface area contributed by atoms with Crippen molar-refractivity contribution in [1.82, 2.24) is 29.4 Å². The summed E-state index contributed by atoms with van der Waals surface area (Å²) in [6.07, 6.45) is 3.19. The third-order valence-electron chi connectivity index (χ3n) is 16.7. The lowest BCUT2D eigenvalue weighted by molar-refractivity contribution is 0.0578. The highest BCUT2D eigenvalue weighted by Crippen LogP contribution is 2.38. The normalized spacial score (nSPS) is 14.9. The summed E-state index contributed by atoms with van der Waals surface area (Å²) < 4.78 is 0. The van der Waals surface area contributed by atoms with Gasteiger partial charge in [-0.2, -0.15) is 0 Å². The van der Waals surface area contributed by atoms with Crippen LogP contribution >= 0.6 is 0 Å². The van der Waals surface area contributed by atoms with Gasteiger partial charge in [-0.05, 0) is 151 Å². The summed E-state index contributed by atoms with van der Waals surface area (Å²) in [5.41, 5.74) is 30.3. The van der Waals surface area contributed by atoms with Gasteiger partial charge in [-0.25, -0.2) is 0 Å². The number of imide groups is 4. The number of hydrogen-bond acceptors (Lipinski definition) is 14. The van der Waals surface area contributed by atoms with Crippen LogP contribution in [0, 0.1) is 0 Å². The van der Waals surface area contributed by atoms with E-state index in [9.17, 15) is 38.4 Å². The predicted octanol–water partition coefficient (Wildman–Crippen LogP) is 8.06. The molecule has 18 nitrogen and oxygen atoms in total. The first-order valence-electron chi connectivity index (χ1n) is 27.9. The maximum atomic E-state index is 13.9. The standard InChI is InChI=1S/C64H60N10O8/c65-49-23-19-45-53-37(49)11-3-15-41(53)57(75)71(61(45)79)33-7-29-69(30-8-34-72-58(76)42-16-4-12-38-50(66)24-20-46(54(38)42)62(72)80)27-1-2-28-70(31-9-35-73-59(77)43-17-5-13-39-51(67)25-21-47(55(39)43)63(73)81)32-10-36-74-60(78)44-18-6-14-40-52(68)26-22-48(56(40)44)64(74)82/h3-6,11-26H,1-2,7-10,27-36,65-68H2. The first kappa shape index (κ1) is 53.1. The lowest BCUT2D eigenvalue weighted by Crippen LogP contribution is -2.43. The molecule has 414 valence electrons. The zero-order valence-electron chi connectivity index (χ0n) is 45.1. The number of benzene rings is 8. The van der Waals surface area contributed by atoms with Gasteiger partial charge in [-0.1, -0.05) is 48.5 Å². The smallest absolute Gasteiger partial charge is 0.261 e. The number of carbonyl (C=O) groups excluding carboxylic acids is 8. The molecule has 0 fully saturated rings. The van der Waals surface area contributed by atoms with E-state index < -0.39 is 0 Å². The molecule has 82 heavy (non-hydrogen) atoms. The van der Waals surface area contributed by atoms with E-state index in [-0.39, 0.29) is 73.4 Å². The van der Waals surface area contributed by atoms with Crippen LogP contribution in [0.2, 0.25) is 0 Å². The van der Waals surface area contributed by atoms with Gasteiger partial charge in [0.2, 0.25) is 0 Å². The van der Waals surface area contributed by atoms with Crippen molar-refractivity contribution >= 4 is 113 Å². The Bertz CT molecular complexity index is 3480. The highest BCUT2D eigenvalue weighted by Gasteiger charge is 2.37. The Morgan fingerprint density at radius 3 is 0.671 bits per heavy atom. The van der Waals surface area contributed by atoms with E-state index in [4.69, 9.17) is 22.9 Å². The minimum Gasteiger partial charge on any atom is -0.398 e. The second-order valence-corrected chi connectivity index (χ2v) is 21.6. The lowest BCUT2D eigenvalue weighted by Gasteiger charge is -2.31.